The normalized spacial score (nSPS) is 57.1. The van der Waals surface area contributed by atoms with Gasteiger partial charge in [0.25, 0.3) is 0 Å². The highest BCUT2D eigenvalue weighted by atomic mass is 16.3. The molecule has 0 aromatic rings. The van der Waals surface area contributed by atoms with E-state index in [4.69, 9.17) is 0 Å². The number of aliphatic hydroxyl groups is 2. The lowest BCUT2D eigenvalue weighted by molar-refractivity contribution is -0.156. The molecule has 0 amide bonds. The third-order valence-electron chi connectivity index (χ3n) is 9.49. The highest BCUT2D eigenvalue weighted by Crippen LogP contribution is 2.67. The molecule has 2 heteroatoms. The van der Waals surface area contributed by atoms with Crippen molar-refractivity contribution in [1.29, 1.82) is 0 Å². The smallest absolute Gasteiger partial charge is 0.0650 e. The Hall–Kier alpha value is -0.0800. The molecule has 24 heavy (non-hydrogen) atoms. The largest absolute Gasteiger partial charge is 0.393 e. The quantitative estimate of drug-likeness (QED) is 0.752. The molecule has 2 N–H and O–H groups in total. The van der Waals surface area contributed by atoms with Gasteiger partial charge < -0.3 is 10.2 Å². The number of hydrogen-bond donors (Lipinski definition) is 2. The van der Waals surface area contributed by atoms with Gasteiger partial charge in [0.1, 0.15) is 0 Å². The van der Waals surface area contributed by atoms with Crippen LogP contribution in [0.4, 0.5) is 0 Å². The van der Waals surface area contributed by atoms with E-state index in [1.807, 2.05) is 0 Å². The zero-order valence-corrected chi connectivity index (χ0v) is 16.1. The van der Waals surface area contributed by atoms with E-state index in [0.717, 1.165) is 55.8 Å². The highest BCUT2D eigenvalue weighted by Gasteiger charge is 2.60. The molecule has 0 spiro atoms. The molecular weight excluding hydrogens is 296 g/mol. The summed E-state index contributed by atoms with van der Waals surface area (Å²) in [6.07, 6.45) is 12.8. The third-order valence-corrected chi connectivity index (χ3v) is 9.49. The van der Waals surface area contributed by atoms with Gasteiger partial charge >= 0.3 is 0 Å². The minimum atomic E-state index is -0.376. The van der Waals surface area contributed by atoms with Crippen LogP contribution >= 0.6 is 0 Å². The molecule has 0 aromatic carbocycles. The summed E-state index contributed by atoms with van der Waals surface area (Å²) in [4.78, 5) is 0. The predicted octanol–water partition coefficient (Wildman–Crippen LogP) is 4.92. The molecule has 2 nitrogen and oxygen atoms in total. The van der Waals surface area contributed by atoms with E-state index in [1.165, 1.54) is 38.5 Å². The van der Waals surface area contributed by atoms with Crippen LogP contribution in [0.25, 0.3) is 0 Å². The van der Waals surface area contributed by atoms with Crippen molar-refractivity contribution >= 4 is 0 Å². The van der Waals surface area contributed by atoms with Gasteiger partial charge in [-0.3, -0.25) is 0 Å². The number of rotatable bonds is 2. The van der Waals surface area contributed by atoms with Gasteiger partial charge in [0.2, 0.25) is 0 Å². The van der Waals surface area contributed by atoms with Crippen molar-refractivity contribution in [2.75, 3.05) is 0 Å². The minimum absolute atomic E-state index is 0.0602. The van der Waals surface area contributed by atoms with Gasteiger partial charge in [-0.2, -0.15) is 0 Å². The SMILES string of the molecule is CCC[C@@]1(O)CC[C@@]2(C)[C@@H](CC[C@@H]3[C@@H]2CC[C@]2(C)[C@@H](O)CC[C@@H]32)C1. The van der Waals surface area contributed by atoms with E-state index in [1.54, 1.807) is 0 Å². The van der Waals surface area contributed by atoms with Crippen molar-refractivity contribution in [2.45, 2.75) is 103 Å². The first-order valence-corrected chi connectivity index (χ1v) is 10.7. The molecule has 0 radical (unpaired) electrons. The monoisotopic (exact) mass is 334 g/mol. The molecular formula is C22H38O2. The Morgan fingerprint density at radius 2 is 1.62 bits per heavy atom. The van der Waals surface area contributed by atoms with Crippen molar-refractivity contribution in [1.82, 2.24) is 0 Å². The first kappa shape index (κ1) is 17.3. The van der Waals surface area contributed by atoms with E-state index in [-0.39, 0.29) is 17.1 Å². The molecule has 0 heterocycles. The fourth-order valence-corrected chi connectivity index (χ4v) is 7.99. The van der Waals surface area contributed by atoms with Crippen LogP contribution in [0.3, 0.4) is 0 Å². The van der Waals surface area contributed by atoms with Gasteiger partial charge in [0.05, 0.1) is 11.7 Å². The number of hydrogen-bond acceptors (Lipinski definition) is 2. The van der Waals surface area contributed by atoms with Crippen molar-refractivity contribution < 1.29 is 10.2 Å². The van der Waals surface area contributed by atoms with Gasteiger partial charge in [-0.1, -0.05) is 27.2 Å². The summed E-state index contributed by atoms with van der Waals surface area (Å²) in [6, 6.07) is 0. The fourth-order valence-electron chi connectivity index (χ4n) is 7.99. The maximum atomic E-state index is 11.0. The van der Waals surface area contributed by atoms with Crippen LogP contribution in [0.1, 0.15) is 91.4 Å². The summed E-state index contributed by atoms with van der Waals surface area (Å²) in [5, 5.41) is 21.6. The summed E-state index contributed by atoms with van der Waals surface area (Å²) < 4.78 is 0. The van der Waals surface area contributed by atoms with Crippen LogP contribution in [0.5, 0.6) is 0 Å². The number of aliphatic hydroxyl groups excluding tert-OH is 1. The van der Waals surface area contributed by atoms with E-state index in [0.29, 0.717) is 5.41 Å². The van der Waals surface area contributed by atoms with Crippen molar-refractivity contribution in [3.05, 3.63) is 0 Å². The molecule has 4 aliphatic rings. The molecule has 0 saturated heterocycles. The van der Waals surface area contributed by atoms with Crippen LogP contribution in [0.15, 0.2) is 0 Å². The van der Waals surface area contributed by atoms with E-state index < -0.39 is 0 Å². The first-order valence-electron chi connectivity index (χ1n) is 10.7. The second kappa shape index (κ2) is 5.71. The predicted molar refractivity (Wildman–Crippen MR) is 97.6 cm³/mol. The topological polar surface area (TPSA) is 40.5 Å². The average molecular weight is 335 g/mol. The molecule has 0 aliphatic heterocycles. The molecule has 4 saturated carbocycles. The first-order chi connectivity index (χ1) is 11.3. The second-order valence-corrected chi connectivity index (χ2v) is 10.5. The van der Waals surface area contributed by atoms with Crippen LogP contribution in [-0.2, 0) is 0 Å². The van der Waals surface area contributed by atoms with E-state index in [2.05, 4.69) is 20.8 Å². The Morgan fingerprint density at radius 1 is 0.875 bits per heavy atom. The van der Waals surface area contributed by atoms with E-state index >= 15 is 0 Å². The summed E-state index contributed by atoms with van der Waals surface area (Å²) >= 11 is 0. The Bertz CT molecular complexity index is 490. The molecule has 0 unspecified atom stereocenters. The maximum Gasteiger partial charge on any atom is 0.0650 e. The molecule has 4 rings (SSSR count). The summed E-state index contributed by atoms with van der Waals surface area (Å²) in [5.41, 5.74) is 0.262. The Balaban J connectivity index is 1.57. The van der Waals surface area contributed by atoms with Gasteiger partial charge in [-0.25, -0.2) is 0 Å². The van der Waals surface area contributed by atoms with E-state index in [9.17, 15) is 10.2 Å². The van der Waals surface area contributed by atoms with Gasteiger partial charge in [0.15, 0.2) is 0 Å². The maximum absolute atomic E-state index is 11.0. The van der Waals surface area contributed by atoms with Crippen molar-refractivity contribution in [3.63, 3.8) is 0 Å². The average Bonchev–Trinajstić information content (AvgIpc) is 2.84. The Labute approximate surface area is 148 Å². The molecule has 4 fully saturated rings. The van der Waals surface area contributed by atoms with Gasteiger partial charge in [0, 0.05) is 0 Å². The molecule has 0 bridgehead atoms. The minimum Gasteiger partial charge on any atom is -0.393 e. The Kier molecular flexibility index (Phi) is 4.12. The molecule has 0 aromatic heterocycles. The van der Waals surface area contributed by atoms with Crippen LogP contribution in [0.2, 0.25) is 0 Å². The fraction of sp³-hybridized carbons (Fsp3) is 1.00. The van der Waals surface area contributed by atoms with Crippen LogP contribution in [0, 0.1) is 34.5 Å². The molecule has 138 valence electrons. The zero-order chi connectivity index (χ0) is 17.2. The highest BCUT2D eigenvalue weighted by molar-refractivity contribution is 5.10. The van der Waals surface area contributed by atoms with Crippen LogP contribution < -0.4 is 0 Å². The van der Waals surface area contributed by atoms with Gasteiger partial charge in [-0.15, -0.1) is 0 Å². The lowest BCUT2D eigenvalue weighted by atomic mass is 9.44. The third kappa shape index (κ3) is 2.35. The Morgan fingerprint density at radius 3 is 2.38 bits per heavy atom. The van der Waals surface area contributed by atoms with Crippen LogP contribution in [-0.4, -0.2) is 21.9 Å². The molecule has 8 atom stereocenters. The summed E-state index contributed by atoms with van der Waals surface area (Å²) in [5.74, 6) is 3.14. The summed E-state index contributed by atoms with van der Waals surface area (Å²) in [6.45, 7) is 7.14. The molecule has 4 aliphatic carbocycles. The van der Waals surface area contributed by atoms with Gasteiger partial charge in [-0.05, 0) is 98.7 Å². The lowest BCUT2D eigenvalue weighted by Gasteiger charge is -2.62. The lowest BCUT2D eigenvalue weighted by Crippen LogP contribution is -2.56. The number of fused-ring (bicyclic) bond motifs is 5. The van der Waals surface area contributed by atoms with Crippen molar-refractivity contribution in [2.24, 2.45) is 34.5 Å². The van der Waals surface area contributed by atoms with Crippen molar-refractivity contribution in [3.8, 4) is 0 Å². The second-order valence-electron chi connectivity index (χ2n) is 10.5. The standard InChI is InChI=1S/C22H38O2/c1-4-10-22(24)13-12-20(2)15(14-22)5-6-16-17-7-8-19(23)21(17,3)11-9-18(16)20/h15-19,23-24H,4-14H2,1-3H3/t15-,16-,17-,18-,19-,20-,21-,22+/m0/s1. The zero-order valence-electron chi connectivity index (χ0n) is 16.1. The summed E-state index contributed by atoms with van der Waals surface area (Å²) in [7, 11) is 0.